The largest absolute Gasteiger partial charge is 0.506 e. The third-order valence-corrected chi connectivity index (χ3v) is 2.65. The highest BCUT2D eigenvalue weighted by Crippen LogP contribution is 2.23. The van der Waals surface area contributed by atoms with Gasteiger partial charge in [0.1, 0.15) is 5.75 Å². The fraction of sp³-hybridized carbons (Fsp3) is 0.214. The molecule has 0 amide bonds. The molecule has 0 atom stereocenters. The first-order valence-electron chi connectivity index (χ1n) is 5.81. The molecule has 0 radical (unpaired) electrons. The topological polar surface area (TPSA) is 48.4 Å². The molecular formula is C14H17N3O. The predicted octanol–water partition coefficient (Wildman–Crippen LogP) is 2.47. The minimum atomic E-state index is 0.187. The van der Waals surface area contributed by atoms with Crippen molar-refractivity contribution >= 4 is 11.4 Å². The average molecular weight is 243 g/mol. The van der Waals surface area contributed by atoms with Crippen molar-refractivity contribution in [3.8, 4) is 5.75 Å². The number of benzene rings is 1. The van der Waals surface area contributed by atoms with Crippen molar-refractivity contribution in [3.63, 3.8) is 0 Å². The monoisotopic (exact) mass is 243 g/mol. The smallest absolute Gasteiger partial charge is 0.133 e. The molecule has 0 aliphatic carbocycles. The molecule has 2 aromatic rings. The van der Waals surface area contributed by atoms with E-state index < -0.39 is 0 Å². The van der Waals surface area contributed by atoms with Crippen molar-refractivity contribution in [2.45, 2.75) is 6.54 Å². The van der Waals surface area contributed by atoms with Crippen LogP contribution in [-0.2, 0) is 6.54 Å². The lowest BCUT2D eigenvalue weighted by Crippen LogP contribution is -2.12. The number of nitrogens with zero attached hydrogens (tertiary/aromatic N) is 2. The molecule has 0 saturated carbocycles. The molecular weight excluding hydrogens is 226 g/mol. The maximum absolute atomic E-state index is 9.17. The molecule has 2 N–H and O–H groups in total. The maximum Gasteiger partial charge on any atom is 0.133 e. The minimum absolute atomic E-state index is 0.187. The summed E-state index contributed by atoms with van der Waals surface area (Å²) in [4.78, 5) is 6.20. The Balaban J connectivity index is 2.08. The van der Waals surface area contributed by atoms with Gasteiger partial charge in [-0.2, -0.15) is 0 Å². The van der Waals surface area contributed by atoms with Crippen LogP contribution in [0.4, 0.5) is 11.4 Å². The molecule has 0 saturated heterocycles. The second-order valence-corrected chi connectivity index (χ2v) is 4.27. The summed E-state index contributed by atoms with van der Waals surface area (Å²) in [5.74, 6) is 0.187. The van der Waals surface area contributed by atoms with E-state index in [0.29, 0.717) is 6.54 Å². The Morgan fingerprint density at radius 2 is 1.94 bits per heavy atom. The van der Waals surface area contributed by atoms with E-state index in [1.807, 2.05) is 32.3 Å². The number of aromatic nitrogens is 1. The standard InChI is InChI=1S/C14H17N3O/c1-17(2)14-6-4-3-5-13(14)16-9-11-7-8-12(18)10-15-11/h3-8,10,16,18H,9H2,1-2H3. The Morgan fingerprint density at radius 1 is 1.17 bits per heavy atom. The van der Waals surface area contributed by atoms with E-state index >= 15 is 0 Å². The number of hydrogen-bond donors (Lipinski definition) is 2. The first-order valence-corrected chi connectivity index (χ1v) is 5.81. The van der Waals surface area contributed by atoms with Crippen molar-refractivity contribution < 1.29 is 5.11 Å². The molecule has 0 spiro atoms. The molecule has 0 fully saturated rings. The highest BCUT2D eigenvalue weighted by molar-refractivity contribution is 5.69. The Labute approximate surface area is 107 Å². The lowest BCUT2D eigenvalue weighted by atomic mass is 10.2. The summed E-state index contributed by atoms with van der Waals surface area (Å²) in [6.07, 6.45) is 1.45. The lowest BCUT2D eigenvalue weighted by molar-refractivity contribution is 0.472. The van der Waals surface area contributed by atoms with Crippen molar-refractivity contribution in [3.05, 3.63) is 48.3 Å². The van der Waals surface area contributed by atoms with Crippen molar-refractivity contribution in [1.29, 1.82) is 0 Å². The van der Waals surface area contributed by atoms with E-state index in [0.717, 1.165) is 17.1 Å². The van der Waals surface area contributed by atoms with E-state index in [1.165, 1.54) is 6.20 Å². The number of pyridine rings is 1. The number of anilines is 2. The van der Waals surface area contributed by atoms with E-state index in [4.69, 9.17) is 5.11 Å². The number of rotatable bonds is 4. The van der Waals surface area contributed by atoms with Crippen LogP contribution in [0.3, 0.4) is 0 Å². The zero-order chi connectivity index (χ0) is 13.0. The Morgan fingerprint density at radius 3 is 2.61 bits per heavy atom. The number of hydrogen-bond acceptors (Lipinski definition) is 4. The van der Waals surface area contributed by atoms with Gasteiger partial charge in [-0.25, -0.2) is 0 Å². The van der Waals surface area contributed by atoms with Gasteiger partial charge in [0.25, 0.3) is 0 Å². The Kier molecular flexibility index (Phi) is 3.67. The summed E-state index contributed by atoms with van der Waals surface area (Å²) in [6, 6.07) is 11.6. The maximum atomic E-state index is 9.17. The third kappa shape index (κ3) is 2.91. The van der Waals surface area contributed by atoms with Crippen LogP contribution in [0, 0.1) is 0 Å². The first-order chi connectivity index (χ1) is 8.66. The second kappa shape index (κ2) is 5.40. The van der Waals surface area contributed by atoms with Crippen LogP contribution in [0.5, 0.6) is 5.75 Å². The van der Waals surface area contributed by atoms with Gasteiger partial charge >= 0.3 is 0 Å². The van der Waals surface area contributed by atoms with E-state index in [2.05, 4.69) is 21.3 Å². The minimum Gasteiger partial charge on any atom is -0.506 e. The van der Waals surface area contributed by atoms with Gasteiger partial charge in [0, 0.05) is 14.1 Å². The molecule has 0 aliphatic heterocycles. The molecule has 18 heavy (non-hydrogen) atoms. The molecule has 94 valence electrons. The van der Waals surface area contributed by atoms with Crippen molar-refractivity contribution in [2.75, 3.05) is 24.3 Å². The molecule has 4 nitrogen and oxygen atoms in total. The molecule has 4 heteroatoms. The van der Waals surface area contributed by atoms with Gasteiger partial charge in [0.2, 0.25) is 0 Å². The second-order valence-electron chi connectivity index (χ2n) is 4.27. The van der Waals surface area contributed by atoms with Crippen LogP contribution < -0.4 is 10.2 Å². The van der Waals surface area contributed by atoms with Gasteiger partial charge in [-0.1, -0.05) is 12.1 Å². The summed E-state index contributed by atoms with van der Waals surface area (Å²) < 4.78 is 0. The summed E-state index contributed by atoms with van der Waals surface area (Å²) in [5, 5.41) is 12.5. The highest BCUT2D eigenvalue weighted by atomic mass is 16.3. The molecule has 1 aromatic heterocycles. The van der Waals surface area contributed by atoms with Gasteiger partial charge in [-0.05, 0) is 24.3 Å². The SMILES string of the molecule is CN(C)c1ccccc1NCc1ccc(O)cn1. The molecule has 2 rings (SSSR count). The fourth-order valence-corrected chi connectivity index (χ4v) is 1.72. The molecule has 1 aromatic carbocycles. The zero-order valence-corrected chi connectivity index (χ0v) is 10.6. The number of para-hydroxylation sites is 2. The quantitative estimate of drug-likeness (QED) is 0.866. The molecule has 0 unspecified atom stereocenters. The molecule has 0 bridgehead atoms. The summed E-state index contributed by atoms with van der Waals surface area (Å²) >= 11 is 0. The Bertz CT molecular complexity index is 509. The summed E-state index contributed by atoms with van der Waals surface area (Å²) in [6.45, 7) is 0.630. The van der Waals surface area contributed by atoms with Crippen molar-refractivity contribution in [2.24, 2.45) is 0 Å². The van der Waals surface area contributed by atoms with Gasteiger partial charge in [-0.15, -0.1) is 0 Å². The van der Waals surface area contributed by atoms with Gasteiger partial charge in [0.15, 0.2) is 0 Å². The molecule has 1 heterocycles. The van der Waals surface area contributed by atoms with Crippen LogP contribution in [0.15, 0.2) is 42.6 Å². The number of aromatic hydroxyl groups is 1. The van der Waals surface area contributed by atoms with E-state index in [1.54, 1.807) is 12.1 Å². The van der Waals surface area contributed by atoms with Crippen LogP contribution in [-0.4, -0.2) is 24.2 Å². The zero-order valence-electron chi connectivity index (χ0n) is 10.6. The number of nitrogens with one attached hydrogen (secondary N) is 1. The average Bonchev–Trinajstić information content (AvgIpc) is 2.38. The Hall–Kier alpha value is -2.23. The van der Waals surface area contributed by atoms with Crippen LogP contribution >= 0.6 is 0 Å². The van der Waals surface area contributed by atoms with Crippen molar-refractivity contribution in [1.82, 2.24) is 4.98 Å². The van der Waals surface area contributed by atoms with E-state index in [-0.39, 0.29) is 5.75 Å². The van der Waals surface area contributed by atoms with Gasteiger partial charge in [-0.3, -0.25) is 4.98 Å². The predicted molar refractivity (Wildman–Crippen MR) is 74.0 cm³/mol. The van der Waals surface area contributed by atoms with Crippen LogP contribution in [0.2, 0.25) is 0 Å². The fourth-order valence-electron chi connectivity index (χ4n) is 1.72. The lowest BCUT2D eigenvalue weighted by Gasteiger charge is -2.18. The summed E-state index contributed by atoms with van der Waals surface area (Å²) in [7, 11) is 4.03. The van der Waals surface area contributed by atoms with Gasteiger partial charge in [0.05, 0.1) is 29.8 Å². The first kappa shape index (κ1) is 12.2. The van der Waals surface area contributed by atoms with Crippen LogP contribution in [0.1, 0.15) is 5.69 Å². The highest BCUT2D eigenvalue weighted by Gasteiger charge is 2.03. The summed E-state index contributed by atoms with van der Waals surface area (Å²) in [5.41, 5.74) is 3.09. The van der Waals surface area contributed by atoms with Crippen LogP contribution in [0.25, 0.3) is 0 Å². The third-order valence-electron chi connectivity index (χ3n) is 2.65. The normalized spacial score (nSPS) is 10.1. The van der Waals surface area contributed by atoms with Gasteiger partial charge < -0.3 is 15.3 Å². The molecule has 0 aliphatic rings. The van der Waals surface area contributed by atoms with E-state index in [9.17, 15) is 0 Å².